The molecule has 0 aliphatic carbocycles. The highest BCUT2D eigenvalue weighted by Crippen LogP contribution is 2.33. The summed E-state index contributed by atoms with van der Waals surface area (Å²) in [4.78, 5) is 12.9. The first-order valence-corrected chi connectivity index (χ1v) is 8.13. The molecule has 2 aromatic heterocycles. The smallest absolute Gasteiger partial charge is 0.180 e. The highest BCUT2D eigenvalue weighted by atomic mass is 19.1. The second-order valence-electron chi connectivity index (χ2n) is 5.81. The topological polar surface area (TPSA) is 50.7 Å². The monoisotopic (exact) mass is 366 g/mol. The Morgan fingerprint density at radius 1 is 0.889 bits per heavy atom. The van der Waals surface area contributed by atoms with E-state index in [2.05, 4.69) is 20.3 Å². The zero-order valence-corrected chi connectivity index (χ0v) is 14.2. The van der Waals surface area contributed by atoms with Gasteiger partial charge in [-0.15, -0.1) is 0 Å². The highest BCUT2D eigenvalue weighted by molar-refractivity contribution is 5.94. The second kappa shape index (κ2) is 6.68. The van der Waals surface area contributed by atoms with Crippen molar-refractivity contribution in [1.82, 2.24) is 15.0 Å². The predicted octanol–water partition coefficient (Wildman–Crippen LogP) is 4.82. The molecule has 0 saturated carbocycles. The van der Waals surface area contributed by atoms with E-state index in [0.717, 1.165) is 12.1 Å². The Labute approximate surface area is 152 Å². The number of benzene rings is 2. The molecule has 1 N–H and O–H groups in total. The van der Waals surface area contributed by atoms with Gasteiger partial charge in [0.2, 0.25) is 0 Å². The van der Waals surface area contributed by atoms with Gasteiger partial charge in [-0.3, -0.25) is 4.98 Å². The minimum absolute atomic E-state index is 0.00674. The van der Waals surface area contributed by atoms with E-state index < -0.39 is 17.5 Å². The maximum absolute atomic E-state index is 15.2. The van der Waals surface area contributed by atoms with Crippen molar-refractivity contribution in [1.29, 1.82) is 0 Å². The lowest BCUT2D eigenvalue weighted by Crippen LogP contribution is -2.02. The van der Waals surface area contributed by atoms with Gasteiger partial charge < -0.3 is 5.32 Å². The molecule has 0 aliphatic heterocycles. The first kappa shape index (κ1) is 17.0. The standard InChI is InChI=1S/C20H13F3N4/c1-24-19-14-8-7-13(12-6-5-11(21)10-15(12)22)17(23)18(14)26-20(27-19)16-4-2-3-9-25-16/h2-10H,1H3,(H,24,26,27). The van der Waals surface area contributed by atoms with Crippen LogP contribution in [0, 0.1) is 17.5 Å². The number of nitrogens with one attached hydrogen (secondary N) is 1. The molecule has 0 saturated heterocycles. The molecular formula is C20H13F3N4. The number of aromatic nitrogens is 3. The number of fused-ring (bicyclic) bond motifs is 1. The highest BCUT2D eigenvalue weighted by Gasteiger charge is 2.18. The largest absolute Gasteiger partial charge is 0.373 e. The molecule has 0 atom stereocenters. The van der Waals surface area contributed by atoms with Crippen LogP contribution in [0.2, 0.25) is 0 Å². The van der Waals surface area contributed by atoms with E-state index in [1.54, 1.807) is 37.5 Å². The van der Waals surface area contributed by atoms with Crippen LogP contribution in [0.1, 0.15) is 0 Å². The Kier molecular flexibility index (Phi) is 4.19. The van der Waals surface area contributed by atoms with Crippen molar-refractivity contribution in [2.45, 2.75) is 0 Å². The maximum atomic E-state index is 15.2. The zero-order chi connectivity index (χ0) is 19.0. The van der Waals surface area contributed by atoms with Gasteiger partial charge in [0.05, 0.1) is 0 Å². The summed E-state index contributed by atoms with van der Waals surface area (Å²) in [6.45, 7) is 0. The summed E-state index contributed by atoms with van der Waals surface area (Å²) < 4.78 is 42.6. The zero-order valence-electron chi connectivity index (χ0n) is 14.2. The summed E-state index contributed by atoms with van der Waals surface area (Å²) in [6, 6.07) is 11.3. The number of rotatable bonds is 3. The molecule has 2 aromatic carbocycles. The molecule has 7 heteroatoms. The van der Waals surface area contributed by atoms with Gasteiger partial charge in [0.25, 0.3) is 0 Å². The van der Waals surface area contributed by atoms with Gasteiger partial charge in [0, 0.05) is 35.8 Å². The van der Waals surface area contributed by atoms with E-state index in [1.165, 1.54) is 12.1 Å². The fourth-order valence-electron chi connectivity index (χ4n) is 2.88. The summed E-state index contributed by atoms with van der Waals surface area (Å²) in [7, 11) is 1.66. The maximum Gasteiger partial charge on any atom is 0.180 e. The van der Waals surface area contributed by atoms with Crippen LogP contribution in [0.15, 0.2) is 54.7 Å². The van der Waals surface area contributed by atoms with Crippen LogP contribution >= 0.6 is 0 Å². The van der Waals surface area contributed by atoms with Gasteiger partial charge in [-0.1, -0.05) is 12.1 Å². The van der Waals surface area contributed by atoms with Gasteiger partial charge in [0.15, 0.2) is 11.6 Å². The molecule has 0 aliphatic rings. The number of pyridine rings is 1. The van der Waals surface area contributed by atoms with Crippen molar-refractivity contribution >= 4 is 16.7 Å². The third-order valence-corrected chi connectivity index (χ3v) is 4.16. The van der Waals surface area contributed by atoms with Crippen molar-refractivity contribution in [2.24, 2.45) is 0 Å². The third kappa shape index (κ3) is 2.97. The van der Waals surface area contributed by atoms with Gasteiger partial charge in [-0.25, -0.2) is 23.1 Å². The molecule has 0 radical (unpaired) electrons. The molecule has 4 nitrogen and oxygen atoms in total. The van der Waals surface area contributed by atoms with E-state index >= 15 is 4.39 Å². The summed E-state index contributed by atoms with van der Waals surface area (Å²) in [5, 5.41) is 3.36. The second-order valence-corrected chi connectivity index (χ2v) is 5.81. The molecule has 0 amide bonds. The average Bonchev–Trinajstić information content (AvgIpc) is 2.69. The molecule has 0 spiro atoms. The van der Waals surface area contributed by atoms with Crippen molar-refractivity contribution in [3.8, 4) is 22.6 Å². The van der Waals surface area contributed by atoms with E-state index in [9.17, 15) is 8.78 Å². The van der Waals surface area contributed by atoms with Crippen LogP contribution in [0.3, 0.4) is 0 Å². The summed E-state index contributed by atoms with van der Waals surface area (Å²) in [5.74, 6) is -1.63. The fourth-order valence-corrected chi connectivity index (χ4v) is 2.88. The average molecular weight is 366 g/mol. The summed E-state index contributed by atoms with van der Waals surface area (Å²) >= 11 is 0. The fraction of sp³-hybridized carbons (Fsp3) is 0.0500. The van der Waals surface area contributed by atoms with Gasteiger partial charge >= 0.3 is 0 Å². The molecule has 0 unspecified atom stereocenters. The Morgan fingerprint density at radius 3 is 2.41 bits per heavy atom. The molecule has 2 heterocycles. The van der Waals surface area contributed by atoms with E-state index in [0.29, 0.717) is 16.9 Å². The lowest BCUT2D eigenvalue weighted by Gasteiger charge is -2.11. The third-order valence-electron chi connectivity index (χ3n) is 4.16. The van der Waals surface area contributed by atoms with Crippen molar-refractivity contribution in [2.75, 3.05) is 12.4 Å². The molecule has 4 rings (SSSR count). The predicted molar refractivity (Wildman–Crippen MR) is 97.6 cm³/mol. The quantitative estimate of drug-likeness (QED) is 0.565. The van der Waals surface area contributed by atoms with Crippen LogP contribution in [-0.2, 0) is 0 Å². The van der Waals surface area contributed by atoms with E-state index in [1.807, 2.05) is 0 Å². The Balaban J connectivity index is 1.98. The van der Waals surface area contributed by atoms with Crippen LogP contribution in [0.25, 0.3) is 33.5 Å². The van der Waals surface area contributed by atoms with Gasteiger partial charge in [0.1, 0.15) is 28.7 Å². The molecular weight excluding hydrogens is 353 g/mol. The molecule has 134 valence electrons. The SMILES string of the molecule is CNc1nc(-c2ccccn2)nc2c(F)c(-c3ccc(F)cc3F)ccc12. The van der Waals surface area contributed by atoms with Crippen molar-refractivity contribution < 1.29 is 13.2 Å². The lowest BCUT2D eigenvalue weighted by molar-refractivity contribution is 0.583. The normalized spacial score (nSPS) is 11.0. The Bertz CT molecular complexity index is 1150. The number of anilines is 1. The minimum atomic E-state index is -0.846. The van der Waals surface area contributed by atoms with Crippen LogP contribution in [0.5, 0.6) is 0 Å². The summed E-state index contributed by atoms with van der Waals surface area (Å²) in [6.07, 6.45) is 1.59. The number of hydrogen-bond donors (Lipinski definition) is 1. The van der Waals surface area contributed by atoms with Crippen LogP contribution in [-0.4, -0.2) is 22.0 Å². The minimum Gasteiger partial charge on any atom is -0.373 e. The van der Waals surface area contributed by atoms with Gasteiger partial charge in [-0.05, 0) is 30.3 Å². The van der Waals surface area contributed by atoms with Gasteiger partial charge in [-0.2, -0.15) is 0 Å². The number of hydrogen-bond acceptors (Lipinski definition) is 4. The van der Waals surface area contributed by atoms with Crippen LogP contribution < -0.4 is 5.32 Å². The molecule has 0 bridgehead atoms. The molecule has 4 aromatic rings. The Morgan fingerprint density at radius 2 is 1.70 bits per heavy atom. The van der Waals surface area contributed by atoms with Crippen LogP contribution in [0.4, 0.5) is 19.0 Å². The lowest BCUT2D eigenvalue weighted by atomic mass is 10.0. The first-order chi connectivity index (χ1) is 13.1. The van der Waals surface area contributed by atoms with Crippen molar-refractivity contribution in [3.63, 3.8) is 0 Å². The van der Waals surface area contributed by atoms with E-state index in [-0.39, 0.29) is 22.5 Å². The first-order valence-electron chi connectivity index (χ1n) is 8.13. The number of halogens is 3. The van der Waals surface area contributed by atoms with Crippen molar-refractivity contribution in [3.05, 3.63) is 72.2 Å². The molecule has 0 fully saturated rings. The molecule has 27 heavy (non-hydrogen) atoms. The van der Waals surface area contributed by atoms with E-state index in [4.69, 9.17) is 0 Å². The number of nitrogens with zero attached hydrogens (tertiary/aromatic N) is 3. The summed E-state index contributed by atoms with van der Waals surface area (Å²) in [5.41, 5.74) is 0.456. The Hall–Kier alpha value is -3.48.